The quantitative estimate of drug-likeness (QED) is 0.244. The number of nitrogens with two attached hydrogens (primary N) is 1. The van der Waals surface area contributed by atoms with Crippen LogP contribution in [-0.2, 0) is 29.8 Å². The standard InChI is InChI=1S/C17H20IN2O8P/c1-10-3-2-4-11-8-25-29(24,28-16(10)11)26-9-14-13(22)5-15(27-14)20(17(19)23)6-12(18)7-21/h2-4,6-7,13-15,22H,5,8-9H2,1H3,(H2,19,23)/b12-6+. The van der Waals surface area contributed by atoms with Gasteiger partial charge in [-0.1, -0.05) is 18.2 Å². The van der Waals surface area contributed by atoms with Crippen LogP contribution in [0.15, 0.2) is 28.0 Å². The molecule has 29 heavy (non-hydrogen) atoms. The summed E-state index contributed by atoms with van der Waals surface area (Å²) in [7, 11) is -3.90. The molecular formula is C17H20IN2O8P. The maximum Gasteiger partial charge on any atom is 0.530 e. The minimum absolute atomic E-state index is 0.0319. The van der Waals surface area contributed by atoms with E-state index in [9.17, 15) is 19.3 Å². The molecule has 3 rings (SSSR count). The number of ether oxygens (including phenoxy) is 1. The van der Waals surface area contributed by atoms with Gasteiger partial charge in [-0.2, -0.15) is 0 Å². The van der Waals surface area contributed by atoms with Gasteiger partial charge in [-0.25, -0.2) is 9.36 Å². The lowest BCUT2D eigenvalue weighted by atomic mass is 10.1. The number of primary amides is 1. The number of carbonyl (C=O) groups is 2. The van der Waals surface area contributed by atoms with Gasteiger partial charge in [0.05, 0.1) is 22.9 Å². The molecule has 0 bridgehead atoms. The third kappa shape index (κ3) is 5.16. The Morgan fingerprint density at radius 1 is 1.52 bits per heavy atom. The minimum atomic E-state index is -3.90. The molecule has 0 aliphatic carbocycles. The zero-order valence-electron chi connectivity index (χ0n) is 15.4. The van der Waals surface area contributed by atoms with Gasteiger partial charge >= 0.3 is 13.9 Å². The predicted octanol–water partition coefficient (Wildman–Crippen LogP) is 2.36. The Kier molecular flexibility index (Phi) is 6.97. The highest BCUT2D eigenvalue weighted by molar-refractivity contribution is 14.1. The van der Waals surface area contributed by atoms with Crippen LogP contribution in [0.25, 0.3) is 0 Å². The van der Waals surface area contributed by atoms with Crippen molar-refractivity contribution < 1.29 is 37.6 Å². The van der Waals surface area contributed by atoms with Gasteiger partial charge in [0, 0.05) is 18.2 Å². The first-order valence-electron chi connectivity index (χ1n) is 8.63. The number of para-hydroxylation sites is 1. The molecule has 1 fully saturated rings. The zero-order chi connectivity index (χ0) is 21.2. The maximum atomic E-state index is 12.8. The number of hydrogen-bond acceptors (Lipinski definition) is 8. The van der Waals surface area contributed by atoms with Crippen molar-refractivity contribution in [3.63, 3.8) is 0 Å². The largest absolute Gasteiger partial charge is 0.530 e. The van der Waals surface area contributed by atoms with E-state index in [2.05, 4.69) is 0 Å². The smallest absolute Gasteiger partial charge is 0.403 e. The van der Waals surface area contributed by atoms with Crippen molar-refractivity contribution in [2.45, 2.75) is 38.4 Å². The van der Waals surface area contributed by atoms with Crippen molar-refractivity contribution in [1.82, 2.24) is 4.90 Å². The summed E-state index contributed by atoms with van der Waals surface area (Å²) in [6.45, 7) is 1.59. The average molecular weight is 538 g/mol. The van der Waals surface area contributed by atoms with E-state index in [0.717, 1.165) is 16.0 Å². The Labute approximate surface area is 180 Å². The van der Waals surface area contributed by atoms with Gasteiger partial charge in [-0.3, -0.25) is 18.7 Å². The van der Waals surface area contributed by atoms with Crippen LogP contribution in [0, 0.1) is 6.92 Å². The lowest BCUT2D eigenvalue weighted by Crippen LogP contribution is -2.40. The number of aliphatic hydroxyl groups is 1. The summed E-state index contributed by atoms with van der Waals surface area (Å²) in [5.74, 6) is 0.446. The molecule has 4 atom stereocenters. The number of allylic oxidation sites excluding steroid dienone is 1. The Hall–Kier alpha value is -1.50. The number of rotatable bonds is 6. The monoisotopic (exact) mass is 538 g/mol. The molecule has 2 aliphatic heterocycles. The number of phosphoric ester groups is 1. The van der Waals surface area contributed by atoms with Crippen LogP contribution in [0.3, 0.4) is 0 Å². The van der Waals surface area contributed by atoms with Crippen LogP contribution < -0.4 is 10.3 Å². The van der Waals surface area contributed by atoms with Crippen LogP contribution in [0.1, 0.15) is 17.5 Å². The SMILES string of the molecule is Cc1cccc2c1OP(=O)(OCC1OC(N(/C=C(/I)C=O)C(N)=O)CC1O)OC2. The van der Waals surface area contributed by atoms with E-state index in [-0.39, 0.29) is 23.2 Å². The average Bonchev–Trinajstić information content (AvgIpc) is 3.05. The first-order valence-corrected chi connectivity index (χ1v) is 11.2. The van der Waals surface area contributed by atoms with Crippen LogP contribution in [0.2, 0.25) is 0 Å². The second-order valence-corrected chi connectivity index (χ2v) is 9.32. The third-order valence-corrected chi connectivity index (χ3v) is 6.27. The number of aldehydes is 1. The normalized spacial score (nSPS) is 29.1. The van der Waals surface area contributed by atoms with Gasteiger partial charge in [-0.15, -0.1) is 0 Å². The number of urea groups is 1. The minimum Gasteiger partial charge on any atom is -0.403 e. The number of hydrogen-bond donors (Lipinski definition) is 2. The second kappa shape index (κ2) is 9.11. The molecule has 10 nitrogen and oxygen atoms in total. The van der Waals surface area contributed by atoms with Crippen molar-refractivity contribution in [1.29, 1.82) is 0 Å². The van der Waals surface area contributed by atoms with E-state index in [1.807, 2.05) is 19.1 Å². The van der Waals surface area contributed by atoms with Gasteiger partial charge in [0.1, 0.15) is 18.1 Å². The fourth-order valence-corrected chi connectivity index (χ4v) is 4.55. The number of fused-ring (bicyclic) bond motifs is 1. The highest BCUT2D eigenvalue weighted by atomic mass is 127. The van der Waals surface area contributed by atoms with Crippen molar-refractivity contribution in [3.8, 4) is 5.75 Å². The molecular weight excluding hydrogens is 518 g/mol. The number of carbonyl (C=O) groups excluding carboxylic acids is 2. The lowest BCUT2D eigenvalue weighted by Gasteiger charge is -2.27. The molecule has 0 aromatic heterocycles. The summed E-state index contributed by atoms with van der Waals surface area (Å²) in [5.41, 5.74) is 6.88. The fourth-order valence-electron chi connectivity index (χ4n) is 2.96. The summed E-state index contributed by atoms with van der Waals surface area (Å²) in [6.07, 6.45) is -1.02. The van der Waals surface area contributed by atoms with Crippen molar-refractivity contribution in [3.05, 3.63) is 39.1 Å². The van der Waals surface area contributed by atoms with Crippen molar-refractivity contribution >= 4 is 42.7 Å². The van der Waals surface area contributed by atoms with Crippen LogP contribution in [0.5, 0.6) is 5.75 Å². The van der Waals surface area contributed by atoms with Gasteiger partial charge < -0.3 is 20.1 Å². The highest BCUT2D eigenvalue weighted by Crippen LogP contribution is 2.55. The molecule has 1 aromatic carbocycles. The number of nitrogens with zero attached hydrogens (tertiary/aromatic N) is 1. The molecule has 4 unspecified atom stereocenters. The zero-order valence-corrected chi connectivity index (χ0v) is 18.4. The second-order valence-electron chi connectivity index (χ2n) is 6.48. The summed E-state index contributed by atoms with van der Waals surface area (Å²) in [4.78, 5) is 23.5. The van der Waals surface area contributed by atoms with Gasteiger partial charge in [0.15, 0.2) is 6.29 Å². The van der Waals surface area contributed by atoms with Gasteiger partial charge in [-0.05, 0) is 35.1 Å². The lowest BCUT2D eigenvalue weighted by molar-refractivity contribution is -0.104. The number of phosphoric acid groups is 1. The van der Waals surface area contributed by atoms with E-state index < -0.39 is 32.3 Å². The summed E-state index contributed by atoms with van der Waals surface area (Å²) >= 11 is 1.73. The number of benzene rings is 1. The molecule has 1 saturated heterocycles. The highest BCUT2D eigenvalue weighted by Gasteiger charge is 2.42. The van der Waals surface area contributed by atoms with Gasteiger partial charge in [0.25, 0.3) is 0 Å². The molecule has 3 N–H and O–H groups in total. The summed E-state index contributed by atoms with van der Waals surface area (Å²) < 4.78 is 34.7. The Morgan fingerprint density at radius 2 is 2.28 bits per heavy atom. The van der Waals surface area contributed by atoms with Crippen LogP contribution in [0.4, 0.5) is 4.79 Å². The molecule has 158 valence electrons. The van der Waals surface area contributed by atoms with E-state index in [0.29, 0.717) is 12.0 Å². The number of halogens is 1. The molecule has 0 radical (unpaired) electrons. The van der Waals surface area contributed by atoms with E-state index in [1.54, 1.807) is 28.7 Å². The van der Waals surface area contributed by atoms with Crippen molar-refractivity contribution in [2.75, 3.05) is 6.61 Å². The van der Waals surface area contributed by atoms with E-state index in [1.165, 1.54) is 6.20 Å². The molecule has 12 heteroatoms. The van der Waals surface area contributed by atoms with Crippen LogP contribution >= 0.6 is 30.4 Å². The summed E-state index contributed by atoms with van der Waals surface area (Å²) in [5, 5.41) is 10.2. The Bertz CT molecular complexity index is 879. The molecule has 2 aliphatic rings. The van der Waals surface area contributed by atoms with E-state index >= 15 is 0 Å². The number of amides is 2. The topological polar surface area (TPSA) is 138 Å². The molecule has 0 saturated carbocycles. The van der Waals surface area contributed by atoms with E-state index in [4.69, 9.17) is 24.0 Å². The Balaban J connectivity index is 1.64. The molecule has 2 amide bonds. The maximum absolute atomic E-state index is 12.8. The third-order valence-electron chi connectivity index (χ3n) is 4.42. The fraction of sp³-hybridized carbons (Fsp3) is 0.412. The van der Waals surface area contributed by atoms with Crippen molar-refractivity contribution in [2.24, 2.45) is 5.73 Å². The first-order chi connectivity index (χ1) is 13.7. The Morgan fingerprint density at radius 3 is 2.97 bits per heavy atom. The number of aliphatic hydroxyl groups excluding tert-OH is 1. The molecule has 2 heterocycles. The first kappa shape index (κ1) is 22.2. The molecule has 1 aromatic rings. The molecule has 0 spiro atoms. The van der Waals surface area contributed by atoms with Gasteiger partial charge in [0.2, 0.25) is 0 Å². The number of aryl methyl sites for hydroxylation is 1. The van der Waals surface area contributed by atoms with Crippen LogP contribution in [-0.4, -0.2) is 47.4 Å². The summed E-state index contributed by atoms with van der Waals surface area (Å²) in [6, 6.07) is 4.60. The predicted molar refractivity (Wildman–Crippen MR) is 109 cm³/mol.